The number of nitrogens with zero attached hydrogens (tertiary/aromatic N) is 1. The summed E-state index contributed by atoms with van der Waals surface area (Å²) in [5.74, 6) is 0. The number of para-hydroxylation sites is 3. The Balaban J connectivity index is 1.17. The lowest BCUT2D eigenvalue weighted by Crippen LogP contribution is -2.12. The monoisotopic (exact) mass is 729 g/mol. The quantitative estimate of drug-likeness (QED) is 0.164. The molecule has 0 radical (unpaired) electrons. The largest absolute Gasteiger partial charge is 0.456 e. The van der Waals surface area contributed by atoms with E-state index in [1.807, 2.05) is 24.3 Å². The number of benzene rings is 9. The molecule has 3 heteroatoms. The van der Waals surface area contributed by atoms with Crippen molar-refractivity contribution in [3.8, 4) is 44.5 Å². The van der Waals surface area contributed by atoms with Gasteiger partial charge in [0.05, 0.1) is 5.69 Å². The van der Waals surface area contributed by atoms with Crippen molar-refractivity contribution in [3.63, 3.8) is 0 Å². The van der Waals surface area contributed by atoms with E-state index in [1.54, 1.807) is 0 Å². The Kier molecular flexibility index (Phi) is 7.82. The molecule has 0 aliphatic rings. The number of rotatable bonds is 7. The highest BCUT2D eigenvalue weighted by atomic mass is 16.3. The van der Waals surface area contributed by atoms with Gasteiger partial charge in [-0.05, 0) is 94.0 Å². The first-order valence-corrected chi connectivity index (χ1v) is 19.3. The summed E-state index contributed by atoms with van der Waals surface area (Å²) in [7, 11) is 0. The third-order valence-electron chi connectivity index (χ3n) is 11.1. The van der Waals surface area contributed by atoms with Crippen LogP contribution in [-0.4, -0.2) is 0 Å². The molecule has 0 atom stereocenters. The van der Waals surface area contributed by atoms with E-state index in [0.29, 0.717) is 0 Å². The molecule has 2 aromatic heterocycles. The average Bonchev–Trinajstić information content (AvgIpc) is 3.85. The van der Waals surface area contributed by atoms with Crippen molar-refractivity contribution in [1.29, 1.82) is 0 Å². The van der Waals surface area contributed by atoms with Gasteiger partial charge in [-0.15, -0.1) is 0 Å². The van der Waals surface area contributed by atoms with Crippen molar-refractivity contribution in [2.75, 3.05) is 4.90 Å². The van der Waals surface area contributed by atoms with Crippen molar-refractivity contribution in [2.45, 2.75) is 0 Å². The van der Waals surface area contributed by atoms with E-state index in [0.717, 1.165) is 83.2 Å². The maximum absolute atomic E-state index is 6.30. The van der Waals surface area contributed by atoms with Gasteiger partial charge in [0.2, 0.25) is 0 Å². The summed E-state index contributed by atoms with van der Waals surface area (Å²) in [4.78, 5) is 2.42. The van der Waals surface area contributed by atoms with Gasteiger partial charge in [0.15, 0.2) is 0 Å². The molecule has 0 saturated heterocycles. The van der Waals surface area contributed by atoms with Crippen molar-refractivity contribution in [3.05, 3.63) is 212 Å². The number of hydrogen-bond donors (Lipinski definition) is 0. The lowest BCUT2D eigenvalue weighted by atomic mass is 9.92. The molecule has 0 amide bonds. The highest BCUT2D eigenvalue weighted by Crippen LogP contribution is 2.48. The molecule has 0 aliphatic heterocycles. The zero-order chi connectivity index (χ0) is 37.7. The molecule has 0 spiro atoms. The number of fused-ring (bicyclic) bond motifs is 6. The van der Waals surface area contributed by atoms with Crippen LogP contribution in [0.4, 0.5) is 17.1 Å². The van der Waals surface area contributed by atoms with E-state index in [9.17, 15) is 0 Å². The molecule has 57 heavy (non-hydrogen) atoms. The van der Waals surface area contributed by atoms with Crippen molar-refractivity contribution < 1.29 is 8.83 Å². The van der Waals surface area contributed by atoms with Crippen LogP contribution in [0.5, 0.6) is 0 Å². The summed E-state index contributed by atoms with van der Waals surface area (Å²) in [6.07, 6.45) is 0. The second-order valence-corrected chi connectivity index (χ2v) is 14.5. The Hall–Kier alpha value is -7.62. The Labute approximate surface area is 330 Å². The molecule has 0 aliphatic carbocycles. The second kappa shape index (κ2) is 13.6. The number of hydrogen-bond acceptors (Lipinski definition) is 3. The fourth-order valence-electron chi connectivity index (χ4n) is 8.31. The lowest BCUT2D eigenvalue weighted by Gasteiger charge is -2.31. The van der Waals surface area contributed by atoms with E-state index in [1.165, 1.54) is 22.3 Å². The number of furan rings is 2. The minimum atomic E-state index is 0.875. The molecule has 0 N–H and O–H groups in total. The van der Waals surface area contributed by atoms with E-state index in [4.69, 9.17) is 8.83 Å². The molecule has 268 valence electrons. The molecular formula is C54H35NO2. The van der Waals surface area contributed by atoms with E-state index in [-0.39, 0.29) is 0 Å². The molecule has 3 nitrogen and oxygen atoms in total. The van der Waals surface area contributed by atoms with Crippen LogP contribution in [-0.2, 0) is 0 Å². The first-order chi connectivity index (χ1) is 28.2. The molecular weight excluding hydrogens is 695 g/mol. The topological polar surface area (TPSA) is 29.5 Å². The minimum Gasteiger partial charge on any atom is -0.456 e. The fraction of sp³-hybridized carbons (Fsp3) is 0. The summed E-state index contributed by atoms with van der Waals surface area (Å²) in [6.45, 7) is 0. The maximum atomic E-state index is 6.30. The van der Waals surface area contributed by atoms with Gasteiger partial charge in [-0.3, -0.25) is 0 Å². The molecule has 11 rings (SSSR count). The van der Waals surface area contributed by atoms with Crippen LogP contribution < -0.4 is 4.90 Å². The van der Waals surface area contributed by atoms with Gasteiger partial charge < -0.3 is 13.7 Å². The molecule has 11 aromatic rings. The van der Waals surface area contributed by atoms with Crippen LogP contribution in [0, 0.1) is 0 Å². The summed E-state index contributed by atoms with van der Waals surface area (Å²) in [5.41, 5.74) is 15.8. The van der Waals surface area contributed by atoms with Gasteiger partial charge >= 0.3 is 0 Å². The van der Waals surface area contributed by atoms with Gasteiger partial charge in [0.25, 0.3) is 0 Å². The van der Waals surface area contributed by atoms with Crippen LogP contribution in [0.1, 0.15) is 0 Å². The van der Waals surface area contributed by atoms with Gasteiger partial charge in [0, 0.05) is 44.0 Å². The Morgan fingerprint density at radius 1 is 0.263 bits per heavy atom. The van der Waals surface area contributed by atoms with Crippen LogP contribution in [0.15, 0.2) is 221 Å². The zero-order valence-corrected chi connectivity index (χ0v) is 31.0. The predicted octanol–water partition coefficient (Wildman–Crippen LogP) is 15.6. The molecule has 0 saturated carbocycles. The average molecular weight is 730 g/mol. The Morgan fingerprint density at radius 2 is 0.632 bits per heavy atom. The maximum Gasteiger partial charge on any atom is 0.135 e. The third kappa shape index (κ3) is 5.76. The van der Waals surface area contributed by atoms with Crippen LogP contribution >= 0.6 is 0 Å². The van der Waals surface area contributed by atoms with Crippen molar-refractivity contribution >= 4 is 60.9 Å². The van der Waals surface area contributed by atoms with Crippen LogP contribution in [0.2, 0.25) is 0 Å². The molecule has 9 aromatic carbocycles. The summed E-state index contributed by atoms with van der Waals surface area (Å²) < 4.78 is 12.6. The normalized spacial score (nSPS) is 11.5. The summed E-state index contributed by atoms with van der Waals surface area (Å²) >= 11 is 0. The summed E-state index contributed by atoms with van der Waals surface area (Å²) in [6, 6.07) is 75.4. The first kappa shape index (κ1) is 32.8. The van der Waals surface area contributed by atoms with Crippen LogP contribution in [0.3, 0.4) is 0 Å². The van der Waals surface area contributed by atoms with Crippen molar-refractivity contribution in [2.24, 2.45) is 0 Å². The first-order valence-electron chi connectivity index (χ1n) is 19.3. The molecule has 0 fully saturated rings. The molecule has 0 bridgehead atoms. The smallest absolute Gasteiger partial charge is 0.135 e. The lowest BCUT2D eigenvalue weighted by molar-refractivity contribution is 0.668. The molecule has 0 unspecified atom stereocenters. The van der Waals surface area contributed by atoms with Gasteiger partial charge in [-0.25, -0.2) is 0 Å². The Morgan fingerprint density at radius 3 is 1.09 bits per heavy atom. The van der Waals surface area contributed by atoms with Gasteiger partial charge in [-0.1, -0.05) is 152 Å². The van der Waals surface area contributed by atoms with E-state index in [2.05, 4.69) is 193 Å². The summed E-state index contributed by atoms with van der Waals surface area (Å²) in [5, 5.41) is 4.40. The van der Waals surface area contributed by atoms with Crippen LogP contribution in [0.25, 0.3) is 88.4 Å². The van der Waals surface area contributed by atoms with Crippen molar-refractivity contribution in [1.82, 2.24) is 0 Å². The van der Waals surface area contributed by atoms with E-state index >= 15 is 0 Å². The third-order valence-corrected chi connectivity index (χ3v) is 11.1. The minimum absolute atomic E-state index is 0.875. The standard InChI is InChI=1S/C54H35NO2/c1-3-12-36(13-4-1)38-22-28-42(29-23-38)55(43-30-24-39(25-31-43)37-14-5-2-6-15-37)54-44(40-26-32-52-48(34-40)46-16-7-9-20-50(46)56-52)18-11-19-45(54)41-27-33-53-49(35-41)47-17-8-10-21-51(47)57-53/h1-35H. The second-order valence-electron chi connectivity index (χ2n) is 14.5. The highest BCUT2D eigenvalue weighted by molar-refractivity contribution is 6.09. The Bertz CT molecular complexity index is 3000. The number of anilines is 3. The van der Waals surface area contributed by atoms with E-state index < -0.39 is 0 Å². The van der Waals surface area contributed by atoms with Gasteiger partial charge in [0.1, 0.15) is 22.3 Å². The predicted molar refractivity (Wildman–Crippen MR) is 237 cm³/mol. The zero-order valence-electron chi connectivity index (χ0n) is 31.0. The highest BCUT2D eigenvalue weighted by Gasteiger charge is 2.23. The fourth-order valence-corrected chi connectivity index (χ4v) is 8.31. The SMILES string of the molecule is c1ccc(-c2ccc(N(c3ccc(-c4ccccc4)cc3)c3c(-c4ccc5oc6ccccc6c5c4)cccc3-c3ccc4oc5ccccc5c4c3)cc2)cc1. The molecule has 2 heterocycles. The van der Waals surface area contributed by atoms with Gasteiger partial charge in [-0.2, -0.15) is 0 Å².